The molecule has 0 amide bonds. The fourth-order valence-corrected chi connectivity index (χ4v) is 1.46. The lowest BCUT2D eigenvalue weighted by atomic mass is 9.97. The van der Waals surface area contributed by atoms with Crippen LogP contribution in [-0.2, 0) is 9.63 Å². The summed E-state index contributed by atoms with van der Waals surface area (Å²) in [6.45, 7) is 11.0. The van der Waals surface area contributed by atoms with Crippen LogP contribution in [0, 0.1) is 11.3 Å². The van der Waals surface area contributed by atoms with E-state index in [0.29, 0.717) is 5.92 Å². The van der Waals surface area contributed by atoms with E-state index in [1.54, 1.807) is 5.06 Å². The van der Waals surface area contributed by atoms with Crippen molar-refractivity contribution in [3.8, 4) is 0 Å². The van der Waals surface area contributed by atoms with Crippen molar-refractivity contribution in [1.29, 1.82) is 0 Å². The minimum Gasteiger partial charge on any atom is -0.367 e. The number of carbonyl (C=O) groups excluding carboxylic acids is 1. The van der Waals surface area contributed by atoms with Gasteiger partial charge in [-0.1, -0.05) is 6.08 Å². The second-order valence-corrected chi connectivity index (χ2v) is 5.13. The van der Waals surface area contributed by atoms with Gasteiger partial charge in [-0.25, -0.2) is 4.79 Å². The third-order valence-electron chi connectivity index (χ3n) is 2.66. The van der Waals surface area contributed by atoms with E-state index >= 15 is 0 Å². The Labute approximate surface area is 92.0 Å². The predicted molar refractivity (Wildman–Crippen MR) is 60.0 cm³/mol. The fourth-order valence-electron chi connectivity index (χ4n) is 1.46. The summed E-state index contributed by atoms with van der Waals surface area (Å²) in [4.78, 5) is 16.9. The summed E-state index contributed by atoms with van der Waals surface area (Å²) in [6, 6.07) is 0. The van der Waals surface area contributed by atoms with Crippen LogP contribution in [0.15, 0.2) is 12.7 Å². The van der Waals surface area contributed by atoms with Crippen molar-refractivity contribution < 1.29 is 9.63 Å². The summed E-state index contributed by atoms with van der Waals surface area (Å²) in [5.74, 6) is 0.425. The highest BCUT2D eigenvalue weighted by Crippen LogP contribution is 2.21. The summed E-state index contributed by atoms with van der Waals surface area (Å²) in [5, 5.41) is 1.77. The van der Waals surface area contributed by atoms with Crippen LogP contribution < -0.4 is 0 Å². The minimum absolute atomic E-state index is 0.153. The molecule has 0 aromatic heterocycles. The zero-order chi connectivity index (χ0) is 11.5. The first-order valence-electron chi connectivity index (χ1n) is 5.53. The Morgan fingerprint density at radius 2 is 1.93 bits per heavy atom. The molecule has 0 radical (unpaired) electrons. The van der Waals surface area contributed by atoms with Crippen molar-refractivity contribution in [2.45, 2.75) is 33.6 Å². The molecule has 0 spiro atoms. The third kappa shape index (κ3) is 3.67. The van der Waals surface area contributed by atoms with Gasteiger partial charge in [-0.15, -0.1) is 11.6 Å². The summed E-state index contributed by atoms with van der Waals surface area (Å²) < 4.78 is 0. The van der Waals surface area contributed by atoms with Gasteiger partial charge in [-0.2, -0.15) is 0 Å². The summed E-state index contributed by atoms with van der Waals surface area (Å²) >= 11 is 0. The van der Waals surface area contributed by atoms with E-state index in [1.165, 1.54) is 0 Å². The normalized spacial score (nSPS) is 19.9. The average Bonchev–Trinajstić information content (AvgIpc) is 2.17. The van der Waals surface area contributed by atoms with Gasteiger partial charge in [0.15, 0.2) is 0 Å². The number of rotatable bonds is 2. The molecule has 0 aliphatic carbocycles. The van der Waals surface area contributed by atoms with E-state index in [1.807, 2.05) is 26.8 Å². The molecule has 0 atom stereocenters. The molecule has 3 heteroatoms. The lowest BCUT2D eigenvalue weighted by Crippen LogP contribution is -2.38. The Hall–Kier alpha value is -0.830. The van der Waals surface area contributed by atoms with E-state index in [-0.39, 0.29) is 5.97 Å². The first-order chi connectivity index (χ1) is 6.93. The molecule has 1 saturated heterocycles. The Bertz CT molecular complexity index is 234. The van der Waals surface area contributed by atoms with Crippen molar-refractivity contribution in [3.63, 3.8) is 0 Å². The summed E-state index contributed by atoms with van der Waals surface area (Å²) in [7, 11) is 0. The third-order valence-corrected chi connectivity index (χ3v) is 2.66. The van der Waals surface area contributed by atoms with E-state index in [9.17, 15) is 4.79 Å². The summed E-state index contributed by atoms with van der Waals surface area (Å²) in [5.41, 5.74) is -0.421. The van der Waals surface area contributed by atoms with Gasteiger partial charge in [0.2, 0.25) is 0 Å². The molecule has 0 aromatic carbocycles. The molecular formula is C12H21NO2. The van der Waals surface area contributed by atoms with Gasteiger partial charge < -0.3 is 4.84 Å². The van der Waals surface area contributed by atoms with Gasteiger partial charge in [0.05, 0.1) is 5.41 Å². The maximum atomic E-state index is 11.6. The van der Waals surface area contributed by atoms with Crippen molar-refractivity contribution in [1.82, 2.24) is 5.06 Å². The van der Waals surface area contributed by atoms with Crippen LogP contribution in [0.3, 0.4) is 0 Å². The molecule has 1 heterocycles. The van der Waals surface area contributed by atoms with Gasteiger partial charge >= 0.3 is 5.97 Å². The number of hydrogen-bond donors (Lipinski definition) is 0. The molecule has 3 nitrogen and oxygen atoms in total. The highest BCUT2D eigenvalue weighted by molar-refractivity contribution is 5.75. The van der Waals surface area contributed by atoms with Crippen LogP contribution in [0.4, 0.5) is 0 Å². The predicted octanol–water partition coefficient (Wildman–Crippen LogP) is 2.39. The zero-order valence-electron chi connectivity index (χ0n) is 9.95. The fraction of sp³-hybridized carbons (Fsp3) is 0.750. The van der Waals surface area contributed by atoms with E-state index < -0.39 is 5.41 Å². The highest BCUT2D eigenvalue weighted by Gasteiger charge is 2.27. The van der Waals surface area contributed by atoms with Gasteiger partial charge in [0.1, 0.15) is 0 Å². The molecule has 15 heavy (non-hydrogen) atoms. The van der Waals surface area contributed by atoms with Crippen molar-refractivity contribution in [3.05, 3.63) is 12.7 Å². The van der Waals surface area contributed by atoms with Crippen molar-refractivity contribution in [2.24, 2.45) is 11.3 Å². The van der Waals surface area contributed by atoms with Crippen LogP contribution in [-0.4, -0.2) is 24.1 Å². The van der Waals surface area contributed by atoms with Crippen LogP contribution in [0.25, 0.3) is 0 Å². The topological polar surface area (TPSA) is 29.5 Å². The first-order valence-corrected chi connectivity index (χ1v) is 5.53. The standard InChI is InChI=1S/C12H21NO2/c1-5-10-6-8-13(9-7-10)15-11(14)12(2,3)4/h5,10H,1,6-9H2,2-4H3. The molecule has 0 aromatic rings. The Kier molecular flexibility index (Phi) is 3.91. The van der Waals surface area contributed by atoms with Crippen molar-refractivity contribution >= 4 is 5.97 Å². The lowest BCUT2D eigenvalue weighted by Gasteiger charge is -2.30. The molecular weight excluding hydrogens is 190 g/mol. The molecule has 1 aliphatic rings. The molecule has 86 valence electrons. The molecule has 0 unspecified atom stereocenters. The number of hydrogen-bond acceptors (Lipinski definition) is 3. The number of piperidine rings is 1. The smallest absolute Gasteiger partial charge is 0.330 e. The second kappa shape index (κ2) is 4.79. The summed E-state index contributed by atoms with van der Waals surface area (Å²) in [6.07, 6.45) is 4.05. The minimum atomic E-state index is -0.421. The van der Waals surface area contributed by atoms with Crippen LogP contribution in [0.5, 0.6) is 0 Å². The Morgan fingerprint density at radius 3 is 2.33 bits per heavy atom. The van der Waals surface area contributed by atoms with Crippen LogP contribution in [0.2, 0.25) is 0 Å². The number of hydroxylamine groups is 2. The molecule has 0 N–H and O–H groups in total. The second-order valence-electron chi connectivity index (χ2n) is 5.13. The molecule has 0 saturated carbocycles. The number of nitrogens with zero attached hydrogens (tertiary/aromatic N) is 1. The van der Waals surface area contributed by atoms with Gasteiger partial charge in [-0.3, -0.25) is 0 Å². The van der Waals surface area contributed by atoms with E-state index in [2.05, 4.69) is 6.58 Å². The van der Waals surface area contributed by atoms with Crippen molar-refractivity contribution in [2.75, 3.05) is 13.1 Å². The average molecular weight is 211 g/mol. The van der Waals surface area contributed by atoms with Crippen LogP contribution in [0.1, 0.15) is 33.6 Å². The largest absolute Gasteiger partial charge is 0.367 e. The quantitative estimate of drug-likeness (QED) is 0.657. The van der Waals surface area contributed by atoms with E-state index in [4.69, 9.17) is 4.84 Å². The number of carbonyl (C=O) groups is 1. The highest BCUT2D eigenvalue weighted by atomic mass is 16.7. The van der Waals surface area contributed by atoms with E-state index in [0.717, 1.165) is 25.9 Å². The Balaban J connectivity index is 2.36. The maximum Gasteiger partial charge on any atom is 0.330 e. The lowest BCUT2D eigenvalue weighted by molar-refractivity contribution is -0.205. The van der Waals surface area contributed by atoms with Gasteiger partial charge in [0.25, 0.3) is 0 Å². The molecule has 1 rings (SSSR count). The maximum absolute atomic E-state index is 11.6. The first kappa shape index (κ1) is 12.2. The van der Waals surface area contributed by atoms with Gasteiger partial charge in [-0.05, 0) is 39.5 Å². The SMILES string of the molecule is C=CC1CCN(OC(=O)C(C)(C)C)CC1. The van der Waals surface area contributed by atoms with Gasteiger partial charge in [0, 0.05) is 13.1 Å². The molecule has 1 aliphatic heterocycles. The van der Waals surface area contributed by atoms with Crippen LogP contribution >= 0.6 is 0 Å². The number of allylic oxidation sites excluding steroid dienone is 1. The zero-order valence-corrected chi connectivity index (χ0v) is 9.95. The molecule has 1 fully saturated rings. The monoisotopic (exact) mass is 211 g/mol. The molecule has 0 bridgehead atoms. The Morgan fingerprint density at radius 1 is 1.40 bits per heavy atom.